The summed E-state index contributed by atoms with van der Waals surface area (Å²) in [6, 6.07) is 5.51. The van der Waals surface area contributed by atoms with Gasteiger partial charge in [0.25, 0.3) is 0 Å². The van der Waals surface area contributed by atoms with Crippen LogP contribution in [0.2, 0.25) is 10.0 Å². The summed E-state index contributed by atoms with van der Waals surface area (Å²) in [4.78, 5) is 11.8. The van der Waals surface area contributed by atoms with E-state index in [0.717, 1.165) is 24.8 Å². The van der Waals surface area contributed by atoms with Crippen molar-refractivity contribution in [3.05, 3.63) is 33.8 Å². The third kappa shape index (κ3) is 6.97. The highest BCUT2D eigenvalue weighted by molar-refractivity contribution is 6.35. The van der Waals surface area contributed by atoms with E-state index in [2.05, 4.69) is 17.6 Å². The van der Waals surface area contributed by atoms with Gasteiger partial charge in [0.2, 0.25) is 5.91 Å². The molecule has 0 aromatic heterocycles. The molecular weight excluding hydrogens is 323 g/mol. The minimum absolute atomic E-state index is 0.0397. The third-order valence-corrected chi connectivity index (χ3v) is 3.88. The Morgan fingerprint density at radius 1 is 1.36 bits per heavy atom. The number of carbonyl (C=O) groups is 1. The second kappa shape index (κ2) is 10.8. The maximum atomic E-state index is 11.8. The van der Waals surface area contributed by atoms with E-state index in [4.69, 9.17) is 27.9 Å². The lowest BCUT2D eigenvalue weighted by atomic mass is 10.0. The van der Waals surface area contributed by atoms with Crippen LogP contribution in [0.4, 0.5) is 0 Å². The average molecular weight is 347 g/mol. The number of rotatable bonds is 10. The molecule has 0 saturated carbocycles. The van der Waals surface area contributed by atoms with Gasteiger partial charge in [-0.2, -0.15) is 0 Å². The van der Waals surface area contributed by atoms with Gasteiger partial charge in [0.1, 0.15) is 0 Å². The molecule has 0 radical (unpaired) electrons. The van der Waals surface area contributed by atoms with E-state index in [9.17, 15) is 4.79 Å². The summed E-state index contributed by atoms with van der Waals surface area (Å²) in [6.07, 6.45) is 3.06. The number of unbranched alkanes of at least 4 members (excludes halogenated alkanes) is 1. The minimum atomic E-state index is -0.0522. The standard InChI is InChI=1S/C16H24Cl2N2O2/c1-3-4-5-15(13-7-6-12(17)10-14(13)18)20-11-16(21)19-8-9-22-2/h6-7,10,15,20H,3-5,8-9,11H2,1-2H3,(H,19,21)/t15-/m0/s1. The topological polar surface area (TPSA) is 50.4 Å². The van der Waals surface area contributed by atoms with Gasteiger partial charge in [-0.25, -0.2) is 0 Å². The number of amides is 1. The lowest BCUT2D eigenvalue weighted by Crippen LogP contribution is -2.37. The van der Waals surface area contributed by atoms with Crippen LogP contribution in [0.5, 0.6) is 0 Å². The number of hydrogen-bond donors (Lipinski definition) is 2. The minimum Gasteiger partial charge on any atom is -0.383 e. The molecule has 22 heavy (non-hydrogen) atoms. The van der Waals surface area contributed by atoms with Gasteiger partial charge in [-0.15, -0.1) is 0 Å². The Morgan fingerprint density at radius 3 is 2.77 bits per heavy atom. The predicted octanol–water partition coefficient (Wildman–Crippen LogP) is 3.58. The molecule has 1 rings (SSSR count). The molecule has 0 fully saturated rings. The first kappa shape index (κ1) is 19.2. The van der Waals surface area contributed by atoms with Crippen LogP contribution < -0.4 is 10.6 Å². The zero-order valence-corrected chi connectivity index (χ0v) is 14.6. The summed E-state index contributed by atoms with van der Waals surface area (Å²) in [5.74, 6) is -0.0522. The van der Waals surface area contributed by atoms with E-state index >= 15 is 0 Å². The fourth-order valence-electron chi connectivity index (χ4n) is 2.13. The second-order valence-corrected chi connectivity index (χ2v) is 5.93. The molecule has 0 heterocycles. The summed E-state index contributed by atoms with van der Waals surface area (Å²) in [7, 11) is 1.60. The zero-order valence-electron chi connectivity index (χ0n) is 13.1. The molecule has 124 valence electrons. The summed E-state index contributed by atoms with van der Waals surface area (Å²) in [5, 5.41) is 7.30. The fourth-order valence-corrected chi connectivity index (χ4v) is 2.67. The Hall–Kier alpha value is -0.810. The van der Waals surface area contributed by atoms with Crippen molar-refractivity contribution >= 4 is 29.1 Å². The zero-order chi connectivity index (χ0) is 16.4. The number of halogens is 2. The number of ether oxygens (including phenoxy) is 1. The summed E-state index contributed by atoms with van der Waals surface area (Å²) in [5.41, 5.74) is 0.976. The van der Waals surface area contributed by atoms with E-state index in [1.807, 2.05) is 12.1 Å². The number of carbonyl (C=O) groups excluding carboxylic acids is 1. The second-order valence-electron chi connectivity index (χ2n) is 5.08. The Morgan fingerprint density at radius 2 is 2.14 bits per heavy atom. The maximum absolute atomic E-state index is 11.8. The smallest absolute Gasteiger partial charge is 0.234 e. The Bertz CT molecular complexity index is 469. The molecular formula is C16H24Cl2N2O2. The highest BCUT2D eigenvalue weighted by Gasteiger charge is 2.15. The average Bonchev–Trinajstić information content (AvgIpc) is 2.48. The molecule has 1 amide bonds. The van der Waals surface area contributed by atoms with Crippen LogP contribution in [0.3, 0.4) is 0 Å². The van der Waals surface area contributed by atoms with Crippen molar-refractivity contribution in [3.63, 3.8) is 0 Å². The van der Waals surface area contributed by atoms with E-state index in [1.54, 1.807) is 13.2 Å². The highest BCUT2D eigenvalue weighted by Crippen LogP contribution is 2.29. The molecule has 0 aliphatic heterocycles. The normalized spacial score (nSPS) is 12.2. The number of methoxy groups -OCH3 is 1. The molecule has 2 N–H and O–H groups in total. The van der Waals surface area contributed by atoms with Gasteiger partial charge in [-0.05, 0) is 24.1 Å². The van der Waals surface area contributed by atoms with Crippen LogP contribution in [-0.2, 0) is 9.53 Å². The Balaban J connectivity index is 2.62. The molecule has 0 aliphatic rings. The van der Waals surface area contributed by atoms with E-state index < -0.39 is 0 Å². The third-order valence-electron chi connectivity index (χ3n) is 3.32. The van der Waals surface area contributed by atoms with Crippen molar-refractivity contribution in [3.8, 4) is 0 Å². The molecule has 4 nitrogen and oxygen atoms in total. The predicted molar refractivity (Wildman–Crippen MR) is 91.6 cm³/mol. The van der Waals surface area contributed by atoms with E-state index in [-0.39, 0.29) is 18.5 Å². The van der Waals surface area contributed by atoms with Crippen molar-refractivity contribution in [1.82, 2.24) is 10.6 Å². The van der Waals surface area contributed by atoms with Crippen molar-refractivity contribution in [2.45, 2.75) is 32.2 Å². The molecule has 0 unspecified atom stereocenters. The first-order valence-corrected chi connectivity index (χ1v) is 8.28. The van der Waals surface area contributed by atoms with Crippen LogP contribution >= 0.6 is 23.2 Å². The van der Waals surface area contributed by atoms with Crippen LogP contribution in [-0.4, -0.2) is 32.7 Å². The molecule has 1 aromatic rings. The van der Waals surface area contributed by atoms with Crippen LogP contribution in [0.25, 0.3) is 0 Å². The van der Waals surface area contributed by atoms with Crippen LogP contribution in [0, 0.1) is 0 Å². The van der Waals surface area contributed by atoms with Gasteiger partial charge < -0.3 is 15.4 Å². The van der Waals surface area contributed by atoms with Crippen molar-refractivity contribution in [2.75, 3.05) is 26.8 Å². The Kier molecular flexibility index (Phi) is 9.48. The van der Waals surface area contributed by atoms with Gasteiger partial charge in [-0.1, -0.05) is 49.0 Å². The number of nitrogens with one attached hydrogen (secondary N) is 2. The summed E-state index contributed by atoms with van der Waals surface area (Å²) < 4.78 is 4.90. The largest absolute Gasteiger partial charge is 0.383 e. The molecule has 0 bridgehead atoms. The van der Waals surface area contributed by atoms with Gasteiger partial charge >= 0.3 is 0 Å². The van der Waals surface area contributed by atoms with Crippen LogP contribution in [0.15, 0.2) is 18.2 Å². The van der Waals surface area contributed by atoms with Gasteiger partial charge in [-0.3, -0.25) is 4.79 Å². The van der Waals surface area contributed by atoms with E-state index in [1.165, 1.54) is 0 Å². The van der Waals surface area contributed by atoms with Crippen molar-refractivity contribution in [2.24, 2.45) is 0 Å². The summed E-state index contributed by atoms with van der Waals surface area (Å²) >= 11 is 12.2. The number of benzene rings is 1. The van der Waals surface area contributed by atoms with Gasteiger partial charge in [0, 0.05) is 29.7 Å². The van der Waals surface area contributed by atoms with Crippen LogP contribution in [0.1, 0.15) is 37.8 Å². The quantitative estimate of drug-likeness (QED) is 0.636. The van der Waals surface area contributed by atoms with Crippen molar-refractivity contribution in [1.29, 1.82) is 0 Å². The lowest BCUT2D eigenvalue weighted by Gasteiger charge is -2.20. The SMILES string of the molecule is CCCC[C@H](NCC(=O)NCCOC)c1ccc(Cl)cc1Cl. The molecule has 1 aromatic carbocycles. The molecule has 0 aliphatic carbocycles. The molecule has 0 spiro atoms. The van der Waals surface area contributed by atoms with E-state index in [0.29, 0.717) is 23.2 Å². The van der Waals surface area contributed by atoms with Crippen molar-refractivity contribution < 1.29 is 9.53 Å². The molecule has 0 saturated heterocycles. The molecule has 1 atom stereocenters. The summed E-state index contributed by atoms with van der Waals surface area (Å²) in [6.45, 7) is 3.40. The first-order chi connectivity index (χ1) is 10.6. The number of hydrogen-bond acceptors (Lipinski definition) is 3. The maximum Gasteiger partial charge on any atom is 0.234 e. The lowest BCUT2D eigenvalue weighted by molar-refractivity contribution is -0.120. The fraction of sp³-hybridized carbons (Fsp3) is 0.562. The monoisotopic (exact) mass is 346 g/mol. The van der Waals surface area contributed by atoms with Gasteiger partial charge in [0.05, 0.1) is 13.2 Å². The molecule has 6 heteroatoms. The Labute approximate surface area is 142 Å². The first-order valence-electron chi connectivity index (χ1n) is 7.52. The van der Waals surface area contributed by atoms with Gasteiger partial charge in [0.15, 0.2) is 0 Å². The highest BCUT2D eigenvalue weighted by atomic mass is 35.5.